The molecule has 0 saturated carbocycles. The molecule has 1 unspecified atom stereocenters. The van der Waals surface area contributed by atoms with Gasteiger partial charge in [-0.05, 0) is 37.5 Å². The number of carbonyl (C=O) groups is 2. The zero-order valence-electron chi connectivity index (χ0n) is 13.0. The second-order valence-corrected chi connectivity index (χ2v) is 4.86. The van der Waals surface area contributed by atoms with Gasteiger partial charge in [0, 0.05) is 18.9 Å². The molecule has 1 rings (SSSR count). The van der Waals surface area contributed by atoms with E-state index < -0.39 is 6.09 Å². The first kappa shape index (κ1) is 17.8. The summed E-state index contributed by atoms with van der Waals surface area (Å²) in [5, 5.41) is 11.2. The number of methoxy groups -OCH3 is 1. The normalized spacial score (nSPS) is 11.5. The number of esters is 1. The summed E-state index contributed by atoms with van der Waals surface area (Å²) in [6.07, 6.45) is 0.605. The van der Waals surface area contributed by atoms with Crippen molar-refractivity contribution in [2.75, 3.05) is 20.3 Å². The van der Waals surface area contributed by atoms with Gasteiger partial charge in [-0.2, -0.15) is 0 Å². The average molecular weight is 309 g/mol. The Morgan fingerprint density at radius 3 is 2.77 bits per heavy atom. The highest BCUT2D eigenvalue weighted by Crippen LogP contribution is 2.25. The summed E-state index contributed by atoms with van der Waals surface area (Å²) in [5.74, 6) is 0.488. The van der Waals surface area contributed by atoms with E-state index in [1.807, 2.05) is 24.3 Å². The highest BCUT2D eigenvalue weighted by Gasteiger charge is 2.14. The molecule has 0 aliphatic carbocycles. The molecule has 0 heterocycles. The van der Waals surface area contributed by atoms with Gasteiger partial charge in [-0.3, -0.25) is 4.79 Å². The van der Waals surface area contributed by atoms with Crippen molar-refractivity contribution >= 4 is 12.1 Å². The van der Waals surface area contributed by atoms with Gasteiger partial charge in [-0.1, -0.05) is 12.1 Å². The van der Waals surface area contributed by atoms with Crippen LogP contribution in [0.2, 0.25) is 0 Å². The number of carboxylic acid groups (broad SMARTS) is 1. The third-order valence-corrected chi connectivity index (χ3v) is 3.30. The quantitative estimate of drug-likeness (QED) is 0.685. The minimum Gasteiger partial charge on any atom is -0.497 e. The van der Waals surface area contributed by atoms with Crippen LogP contribution in [-0.4, -0.2) is 37.4 Å². The highest BCUT2D eigenvalue weighted by atomic mass is 16.5. The van der Waals surface area contributed by atoms with E-state index in [9.17, 15) is 9.59 Å². The Morgan fingerprint density at radius 2 is 2.14 bits per heavy atom. The molecule has 0 saturated heterocycles. The van der Waals surface area contributed by atoms with Gasteiger partial charge < -0.3 is 19.9 Å². The fourth-order valence-corrected chi connectivity index (χ4v) is 2.22. The molecule has 6 heteroatoms. The number of nitrogens with one attached hydrogen (secondary N) is 1. The lowest BCUT2D eigenvalue weighted by Crippen LogP contribution is -2.26. The Labute approximate surface area is 130 Å². The van der Waals surface area contributed by atoms with E-state index in [4.69, 9.17) is 14.6 Å². The van der Waals surface area contributed by atoms with Crippen LogP contribution in [0.5, 0.6) is 5.75 Å². The molecule has 0 aliphatic rings. The molecule has 1 atom stereocenters. The standard InChI is InChI=1S/C16H23NO5/c1-3-22-15(18)9-5-7-13(11-17-16(19)20)12-6-4-8-14(10-12)21-2/h4,6,8,10,13,17H,3,5,7,9,11H2,1-2H3,(H,19,20). The molecule has 1 aromatic rings. The molecular weight excluding hydrogens is 286 g/mol. The van der Waals surface area contributed by atoms with Crippen LogP contribution >= 0.6 is 0 Å². The maximum atomic E-state index is 11.4. The van der Waals surface area contributed by atoms with Crippen LogP contribution in [-0.2, 0) is 9.53 Å². The first-order valence-corrected chi connectivity index (χ1v) is 7.33. The molecule has 0 aliphatic heterocycles. The number of carbonyl (C=O) groups excluding carboxylic acids is 1. The maximum absolute atomic E-state index is 11.4. The zero-order valence-corrected chi connectivity index (χ0v) is 13.0. The van der Waals surface area contributed by atoms with Crippen molar-refractivity contribution in [1.29, 1.82) is 0 Å². The largest absolute Gasteiger partial charge is 0.497 e. The van der Waals surface area contributed by atoms with Crippen molar-refractivity contribution in [3.05, 3.63) is 29.8 Å². The van der Waals surface area contributed by atoms with E-state index in [1.54, 1.807) is 14.0 Å². The lowest BCUT2D eigenvalue weighted by molar-refractivity contribution is -0.143. The molecule has 22 heavy (non-hydrogen) atoms. The van der Waals surface area contributed by atoms with Crippen LogP contribution in [0.15, 0.2) is 24.3 Å². The van der Waals surface area contributed by atoms with Gasteiger partial charge in [-0.15, -0.1) is 0 Å². The topological polar surface area (TPSA) is 84.9 Å². The van der Waals surface area contributed by atoms with Crippen molar-refractivity contribution in [3.63, 3.8) is 0 Å². The lowest BCUT2D eigenvalue weighted by Gasteiger charge is -2.18. The summed E-state index contributed by atoms with van der Waals surface area (Å²) in [6.45, 7) is 2.44. The van der Waals surface area contributed by atoms with Crippen LogP contribution < -0.4 is 10.1 Å². The van der Waals surface area contributed by atoms with Crippen LogP contribution in [0.3, 0.4) is 0 Å². The Hall–Kier alpha value is -2.24. The second kappa shape index (κ2) is 9.65. The van der Waals surface area contributed by atoms with Gasteiger partial charge in [-0.25, -0.2) is 4.79 Å². The third-order valence-electron chi connectivity index (χ3n) is 3.30. The van der Waals surface area contributed by atoms with Gasteiger partial charge in [0.25, 0.3) is 0 Å². The molecule has 0 radical (unpaired) electrons. The van der Waals surface area contributed by atoms with Crippen LogP contribution in [0.1, 0.15) is 37.7 Å². The summed E-state index contributed by atoms with van der Waals surface area (Å²) in [6, 6.07) is 7.52. The summed E-state index contributed by atoms with van der Waals surface area (Å²) in [7, 11) is 1.59. The van der Waals surface area contributed by atoms with Gasteiger partial charge in [0.2, 0.25) is 0 Å². The number of hydrogen-bond acceptors (Lipinski definition) is 4. The number of benzene rings is 1. The van der Waals surface area contributed by atoms with Crippen molar-refractivity contribution < 1.29 is 24.2 Å². The lowest BCUT2D eigenvalue weighted by atomic mass is 9.93. The molecule has 0 aromatic heterocycles. The average Bonchev–Trinajstić information content (AvgIpc) is 2.50. The summed E-state index contributed by atoms with van der Waals surface area (Å²) in [5.41, 5.74) is 0.983. The van der Waals surface area contributed by atoms with E-state index >= 15 is 0 Å². The van der Waals surface area contributed by atoms with Crippen molar-refractivity contribution in [3.8, 4) is 5.75 Å². The highest BCUT2D eigenvalue weighted by molar-refractivity contribution is 5.69. The minimum atomic E-state index is -1.06. The van der Waals surface area contributed by atoms with Crippen molar-refractivity contribution in [2.24, 2.45) is 0 Å². The van der Waals surface area contributed by atoms with E-state index in [0.717, 1.165) is 11.3 Å². The first-order chi connectivity index (χ1) is 10.6. The summed E-state index contributed by atoms with van der Waals surface area (Å²) < 4.78 is 10.1. The Morgan fingerprint density at radius 1 is 1.36 bits per heavy atom. The molecule has 1 aromatic carbocycles. The summed E-state index contributed by atoms with van der Waals surface area (Å²) >= 11 is 0. The second-order valence-electron chi connectivity index (χ2n) is 4.86. The molecule has 0 fully saturated rings. The van der Waals surface area contributed by atoms with Gasteiger partial charge in [0.05, 0.1) is 13.7 Å². The molecule has 0 spiro atoms. The molecule has 6 nitrogen and oxygen atoms in total. The van der Waals surface area contributed by atoms with Gasteiger partial charge in [0.1, 0.15) is 5.75 Å². The number of ether oxygens (including phenoxy) is 2. The van der Waals surface area contributed by atoms with Crippen LogP contribution in [0.25, 0.3) is 0 Å². The zero-order chi connectivity index (χ0) is 16.4. The van der Waals surface area contributed by atoms with E-state index in [1.165, 1.54) is 0 Å². The number of rotatable bonds is 9. The van der Waals surface area contributed by atoms with Gasteiger partial charge >= 0.3 is 12.1 Å². The maximum Gasteiger partial charge on any atom is 0.404 e. The fraction of sp³-hybridized carbons (Fsp3) is 0.500. The van der Waals surface area contributed by atoms with E-state index in [-0.39, 0.29) is 11.9 Å². The molecule has 1 amide bonds. The number of amides is 1. The SMILES string of the molecule is CCOC(=O)CCCC(CNC(=O)O)c1cccc(OC)c1. The molecule has 122 valence electrons. The number of hydrogen-bond donors (Lipinski definition) is 2. The van der Waals surface area contributed by atoms with Crippen molar-refractivity contribution in [1.82, 2.24) is 5.32 Å². The summed E-state index contributed by atoms with van der Waals surface area (Å²) in [4.78, 5) is 22.1. The van der Waals surface area contributed by atoms with E-state index in [0.29, 0.717) is 32.4 Å². The monoisotopic (exact) mass is 309 g/mol. The Bertz CT molecular complexity index is 489. The molecule has 0 bridgehead atoms. The first-order valence-electron chi connectivity index (χ1n) is 7.33. The minimum absolute atomic E-state index is 0.0133. The third kappa shape index (κ3) is 6.47. The van der Waals surface area contributed by atoms with Crippen molar-refractivity contribution in [2.45, 2.75) is 32.1 Å². The molecule has 2 N–H and O–H groups in total. The van der Waals surface area contributed by atoms with E-state index in [2.05, 4.69) is 5.32 Å². The van der Waals surface area contributed by atoms with Crippen LogP contribution in [0.4, 0.5) is 4.79 Å². The Kier molecular flexibility index (Phi) is 7.81. The predicted molar refractivity (Wildman–Crippen MR) is 82.2 cm³/mol. The van der Waals surface area contributed by atoms with Gasteiger partial charge in [0.15, 0.2) is 0 Å². The predicted octanol–water partition coefficient (Wildman–Crippen LogP) is 2.78. The smallest absolute Gasteiger partial charge is 0.404 e. The molecular formula is C16H23NO5. The van der Waals surface area contributed by atoms with Crippen LogP contribution in [0, 0.1) is 0 Å². The Balaban J connectivity index is 2.66. The fourth-order valence-electron chi connectivity index (χ4n) is 2.22.